The first-order valence-corrected chi connectivity index (χ1v) is 7.69. The lowest BCUT2D eigenvalue weighted by molar-refractivity contribution is -0.129. The van der Waals surface area contributed by atoms with Gasteiger partial charge in [0.1, 0.15) is 6.17 Å². The molecule has 1 N–H and O–H groups in total. The molecule has 0 saturated carbocycles. The molecule has 1 aromatic rings. The van der Waals surface area contributed by atoms with E-state index in [9.17, 15) is 4.79 Å². The second kappa shape index (κ2) is 6.59. The van der Waals surface area contributed by atoms with Gasteiger partial charge in [-0.2, -0.15) is 0 Å². The molecule has 0 radical (unpaired) electrons. The van der Waals surface area contributed by atoms with Crippen LogP contribution in [0.5, 0.6) is 0 Å². The molecule has 1 aliphatic heterocycles. The van der Waals surface area contributed by atoms with Crippen molar-refractivity contribution in [2.24, 2.45) is 5.92 Å². The zero-order chi connectivity index (χ0) is 14.7. The molecule has 2 atom stereocenters. The van der Waals surface area contributed by atoms with Crippen molar-refractivity contribution in [1.82, 2.24) is 10.2 Å². The number of carbonyl (C=O) groups is 1. The van der Waals surface area contributed by atoms with E-state index < -0.39 is 0 Å². The standard InChI is InChI=1S/C16H23ClN2O/c1-11(2)6-5-9-19-15(18-12(3)16(19)20)13-7-4-8-14(17)10-13/h4,7-8,10-12,15,18H,5-6,9H2,1-3H3. The predicted octanol–water partition coefficient (Wildman–Crippen LogP) is 3.60. The Morgan fingerprint density at radius 3 is 2.80 bits per heavy atom. The van der Waals surface area contributed by atoms with Crippen LogP contribution in [0.25, 0.3) is 0 Å². The van der Waals surface area contributed by atoms with Crippen molar-refractivity contribution in [3.8, 4) is 0 Å². The van der Waals surface area contributed by atoms with Gasteiger partial charge in [-0.1, -0.05) is 37.6 Å². The topological polar surface area (TPSA) is 32.3 Å². The van der Waals surface area contributed by atoms with Crippen LogP contribution >= 0.6 is 11.6 Å². The third-order valence-electron chi connectivity index (χ3n) is 3.72. The molecule has 4 heteroatoms. The van der Waals surface area contributed by atoms with Crippen molar-refractivity contribution >= 4 is 17.5 Å². The number of carbonyl (C=O) groups excluding carboxylic acids is 1. The molecule has 1 amide bonds. The number of hydrogen-bond donors (Lipinski definition) is 1. The van der Waals surface area contributed by atoms with Gasteiger partial charge in [-0.05, 0) is 43.4 Å². The van der Waals surface area contributed by atoms with Crippen molar-refractivity contribution in [2.75, 3.05) is 6.54 Å². The number of nitrogens with one attached hydrogen (secondary N) is 1. The molecular weight excluding hydrogens is 272 g/mol. The molecule has 0 bridgehead atoms. The molecule has 110 valence electrons. The third-order valence-corrected chi connectivity index (χ3v) is 3.95. The average Bonchev–Trinajstić information content (AvgIpc) is 2.66. The Morgan fingerprint density at radius 1 is 1.40 bits per heavy atom. The Bertz CT molecular complexity index is 475. The average molecular weight is 295 g/mol. The Morgan fingerprint density at radius 2 is 2.15 bits per heavy atom. The molecule has 1 fully saturated rings. The maximum Gasteiger partial charge on any atom is 0.241 e. The largest absolute Gasteiger partial charge is 0.322 e. The van der Waals surface area contributed by atoms with Gasteiger partial charge in [0.2, 0.25) is 5.91 Å². The Balaban J connectivity index is 2.11. The zero-order valence-electron chi connectivity index (χ0n) is 12.4. The number of halogens is 1. The number of rotatable bonds is 5. The van der Waals surface area contributed by atoms with E-state index in [4.69, 9.17) is 11.6 Å². The molecule has 2 rings (SSSR count). The summed E-state index contributed by atoms with van der Waals surface area (Å²) in [5.41, 5.74) is 1.06. The molecular formula is C16H23ClN2O. The Labute approximate surface area is 126 Å². The minimum Gasteiger partial charge on any atom is -0.322 e. The molecule has 1 aliphatic rings. The summed E-state index contributed by atoms with van der Waals surface area (Å²) in [6, 6.07) is 7.61. The van der Waals surface area contributed by atoms with E-state index >= 15 is 0 Å². The summed E-state index contributed by atoms with van der Waals surface area (Å²) in [4.78, 5) is 14.2. The van der Waals surface area contributed by atoms with Crippen molar-refractivity contribution in [3.63, 3.8) is 0 Å². The Kier molecular flexibility index (Phi) is 5.06. The number of amides is 1. The minimum atomic E-state index is -0.127. The molecule has 1 aromatic carbocycles. The fraction of sp³-hybridized carbons (Fsp3) is 0.562. The van der Waals surface area contributed by atoms with E-state index in [1.54, 1.807) is 0 Å². The second-order valence-electron chi connectivity index (χ2n) is 5.91. The highest BCUT2D eigenvalue weighted by molar-refractivity contribution is 6.30. The van der Waals surface area contributed by atoms with Gasteiger partial charge in [0.25, 0.3) is 0 Å². The van der Waals surface area contributed by atoms with E-state index in [0.717, 1.165) is 24.9 Å². The number of hydrogen-bond acceptors (Lipinski definition) is 2. The van der Waals surface area contributed by atoms with Crippen LogP contribution in [0.1, 0.15) is 45.3 Å². The molecule has 0 aromatic heterocycles. The van der Waals surface area contributed by atoms with Crippen LogP contribution in [0.3, 0.4) is 0 Å². The van der Waals surface area contributed by atoms with E-state index in [-0.39, 0.29) is 18.1 Å². The van der Waals surface area contributed by atoms with Gasteiger partial charge in [-0.3, -0.25) is 10.1 Å². The molecule has 1 saturated heterocycles. The molecule has 20 heavy (non-hydrogen) atoms. The predicted molar refractivity (Wildman–Crippen MR) is 82.6 cm³/mol. The van der Waals surface area contributed by atoms with Crippen LogP contribution in [0.2, 0.25) is 5.02 Å². The van der Waals surface area contributed by atoms with Gasteiger partial charge in [-0.25, -0.2) is 0 Å². The van der Waals surface area contributed by atoms with Gasteiger partial charge in [-0.15, -0.1) is 0 Å². The summed E-state index contributed by atoms with van der Waals surface area (Å²) in [5, 5.41) is 4.06. The monoisotopic (exact) mass is 294 g/mol. The lowest BCUT2D eigenvalue weighted by Gasteiger charge is -2.25. The van der Waals surface area contributed by atoms with E-state index in [0.29, 0.717) is 10.9 Å². The maximum absolute atomic E-state index is 12.3. The van der Waals surface area contributed by atoms with E-state index in [1.165, 1.54) is 0 Å². The fourth-order valence-corrected chi connectivity index (χ4v) is 2.83. The van der Waals surface area contributed by atoms with Crippen LogP contribution in [-0.2, 0) is 4.79 Å². The zero-order valence-corrected chi connectivity index (χ0v) is 13.2. The first-order chi connectivity index (χ1) is 9.49. The van der Waals surface area contributed by atoms with Crippen LogP contribution in [0, 0.1) is 5.92 Å². The summed E-state index contributed by atoms with van der Waals surface area (Å²) in [5.74, 6) is 0.849. The summed E-state index contributed by atoms with van der Waals surface area (Å²) in [6.45, 7) is 7.14. The van der Waals surface area contributed by atoms with Crippen molar-refractivity contribution in [1.29, 1.82) is 0 Å². The minimum absolute atomic E-state index is 0.0524. The van der Waals surface area contributed by atoms with E-state index in [2.05, 4.69) is 19.2 Å². The molecule has 0 spiro atoms. The van der Waals surface area contributed by atoms with Gasteiger partial charge in [0.15, 0.2) is 0 Å². The highest BCUT2D eigenvalue weighted by Gasteiger charge is 2.36. The number of benzene rings is 1. The van der Waals surface area contributed by atoms with Gasteiger partial charge in [0.05, 0.1) is 6.04 Å². The normalized spacial score (nSPS) is 22.9. The first kappa shape index (κ1) is 15.3. The molecule has 3 nitrogen and oxygen atoms in total. The van der Waals surface area contributed by atoms with Crippen LogP contribution in [-0.4, -0.2) is 23.4 Å². The SMILES string of the molecule is CC(C)CCCN1C(=O)C(C)NC1c1cccc(Cl)c1. The Hall–Kier alpha value is -1.06. The molecule has 2 unspecified atom stereocenters. The summed E-state index contributed by atoms with van der Waals surface area (Å²) in [6.07, 6.45) is 2.12. The van der Waals surface area contributed by atoms with Crippen molar-refractivity contribution in [2.45, 2.75) is 45.8 Å². The summed E-state index contributed by atoms with van der Waals surface area (Å²) in [7, 11) is 0. The smallest absolute Gasteiger partial charge is 0.241 e. The molecule has 1 heterocycles. The summed E-state index contributed by atoms with van der Waals surface area (Å²) >= 11 is 6.06. The van der Waals surface area contributed by atoms with Crippen LogP contribution < -0.4 is 5.32 Å². The highest BCUT2D eigenvalue weighted by atomic mass is 35.5. The lowest BCUT2D eigenvalue weighted by Crippen LogP contribution is -2.31. The van der Waals surface area contributed by atoms with Gasteiger partial charge < -0.3 is 4.90 Å². The van der Waals surface area contributed by atoms with Crippen LogP contribution in [0.4, 0.5) is 0 Å². The van der Waals surface area contributed by atoms with Crippen molar-refractivity contribution in [3.05, 3.63) is 34.9 Å². The van der Waals surface area contributed by atoms with Crippen LogP contribution in [0.15, 0.2) is 24.3 Å². The summed E-state index contributed by atoms with van der Waals surface area (Å²) < 4.78 is 0. The maximum atomic E-state index is 12.3. The lowest BCUT2D eigenvalue weighted by atomic mass is 10.1. The molecule has 0 aliphatic carbocycles. The van der Waals surface area contributed by atoms with E-state index in [1.807, 2.05) is 36.1 Å². The number of nitrogens with zero attached hydrogens (tertiary/aromatic N) is 1. The highest BCUT2D eigenvalue weighted by Crippen LogP contribution is 2.27. The van der Waals surface area contributed by atoms with Gasteiger partial charge in [0, 0.05) is 11.6 Å². The fourth-order valence-electron chi connectivity index (χ4n) is 2.64. The second-order valence-corrected chi connectivity index (χ2v) is 6.35. The third kappa shape index (κ3) is 3.53. The first-order valence-electron chi connectivity index (χ1n) is 7.31. The quantitative estimate of drug-likeness (QED) is 0.900. The van der Waals surface area contributed by atoms with Crippen molar-refractivity contribution < 1.29 is 4.79 Å². The van der Waals surface area contributed by atoms with Gasteiger partial charge >= 0.3 is 0 Å².